The minimum Gasteiger partial charge on any atom is -0.489 e. The first-order chi connectivity index (χ1) is 20.7. The molecular weight excluding hydrogens is 583 g/mol. The van der Waals surface area contributed by atoms with Gasteiger partial charge >= 0.3 is 5.97 Å². The van der Waals surface area contributed by atoms with Gasteiger partial charge in [-0.05, 0) is 50.3 Å². The molecule has 0 bridgehead atoms. The topological polar surface area (TPSA) is 177 Å². The van der Waals surface area contributed by atoms with Crippen LogP contribution >= 0.6 is 11.3 Å². The number of carboxylic acids is 1. The first-order valence-corrected chi connectivity index (χ1v) is 14.6. The lowest BCUT2D eigenvalue weighted by molar-refractivity contribution is -0.159. The number of nitrogens with one attached hydrogen (secondary N) is 1. The number of nitrogen functional groups attached to an aromatic ring is 1. The van der Waals surface area contributed by atoms with Crippen LogP contribution in [0.4, 0.5) is 15.2 Å². The van der Waals surface area contributed by atoms with Crippen LogP contribution in [0.1, 0.15) is 37.8 Å². The zero-order valence-electron chi connectivity index (χ0n) is 22.7. The maximum absolute atomic E-state index is 14.3. The molecule has 4 aliphatic rings. The summed E-state index contributed by atoms with van der Waals surface area (Å²) in [4.78, 5) is 63.8. The van der Waals surface area contributed by atoms with E-state index in [1.807, 2.05) is 0 Å². The Morgan fingerprint density at radius 2 is 2.02 bits per heavy atom. The second-order valence-corrected chi connectivity index (χ2v) is 11.3. The quantitative estimate of drug-likeness (QED) is 0.174. The van der Waals surface area contributed by atoms with Crippen LogP contribution in [-0.2, 0) is 28.8 Å². The average molecular weight is 611 g/mol. The van der Waals surface area contributed by atoms with Gasteiger partial charge in [0.25, 0.3) is 17.7 Å². The van der Waals surface area contributed by atoms with Crippen molar-refractivity contribution in [1.29, 1.82) is 0 Å². The van der Waals surface area contributed by atoms with E-state index < -0.39 is 47.3 Å². The van der Waals surface area contributed by atoms with Crippen molar-refractivity contribution < 1.29 is 38.2 Å². The summed E-state index contributed by atoms with van der Waals surface area (Å²) in [6.07, 6.45) is 4.97. The van der Waals surface area contributed by atoms with Gasteiger partial charge in [-0.1, -0.05) is 17.3 Å². The third-order valence-electron chi connectivity index (χ3n) is 7.74. The third-order valence-corrected chi connectivity index (χ3v) is 8.41. The first kappa shape index (κ1) is 28.3. The molecule has 2 saturated heterocycles. The number of carbonyl (C=O) groups is 4. The number of para-hydroxylation sites is 1. The van der Waals surface area contributed by atoms with Crippen LogP contribution in [0, 0.1) is 5.82 Å². The number of amides is 3. The molecule has 0 spiro atoms. The standard InChI is InChI=1S/C28H27FN6O7S/c29-16-7-3-4-8-18(16)34-10-9-14(25(34)37)11-20-23(27(39)40)35-19(12-41-20)22(26(35)38)32-24(36)21(17-13-43-28(30)31-17)33-42-15-5-1-2-6-15/h3-4,7-8,11,13,15,19,22H,1-2,5-6,9-10,12H2,(H2,30,31)(H,32,36)(H,39,40)/b14-11+,33-21-/t19-,22+/m1/s1. The molecule has 6 rings (SSSR count). The van der Waals surface area contributed by atoms with E-state index >= 15 is 0 Å². The van der Waals surface area contributed by atoms with E-state index in [1.54, 1.807) is 11.4 Å². The Balaban J connectivity index is 1.20. The Bertz CT molecular complexity index is 1600. The molecule has 4 N–H and O–H groups in total. The number of nitrogens with two attached hydrogens (primary N) is 1. The van der Waals surface area contributed by atoms with E-state index in [2.05, 4.69) is 15.5 Å². The molecule has 1 aliphatic carbocycles. The summed E-state index contributed by atoms with van der Waals surface area (Å²) in [5.41, 5.74) is 5.65. The number of fused-ring (bicyclic) bond motifs is 1. The zero-order chi connectivity index (χ0) is 30.2. The number of anilines is 2. The molecule has 224 valence electrons. The van der Waals surface area contributed by atoms with Crippen molar-refractivity contribution in [3.05, 3.63) is 64.3 Å². The average Bonchev–Trinajstić information content (AvgIpc) is 3.74. The third kappa shape index (κ3) is 5.31. The number of nitrogens with zero attached hydrogens (tertiary/aromatic N) is 4. The van der Waals surface area contributed by atoms with E-state index in [0.717, 1.165) is 41.9 Å². The number of allylic oxidation sites excluding steroid dienone is 1. The fourth-order valence-corrected chi connectivity index (χ4v) is 6.12. The smallest absolute Gasteiger partial charge is 0.356 e. The van der Waals surface area contributed by atoms with Gasteiger partial charge in [0.2, 0.25) is 0 Å². The molecule has 1 aromatic carbocycles. The van der Waals surface area contributed by atoms with Crippen molar-refractivity contribution in [2.24, 2.45) is 5.16 Å². The highest BCUT2D eigenvalue weighted by molar-refractivity contribution is 7.13. The molecular formula is C28H27FN6O7S. The van der Waals surface area contributed by atoms with Crippen LogP contribution in [-0.4, -0.2) is 75.7 Å². The molecule has 3 amide bonds. The second-order valence-electron chi connectivity index (χ2n) is 10.4. The summed E-state index contributed by atoms with van der Waals surface area (Å²) >= 11 is 1.11. The molecule has 3 fully saturated rings. The van der Waals surface area contributed by atoms with Gasteiger partial charge in [0.1, 0.15) is 36.3 Å². The van der Waals surface area contributed by atoms with Crippen molar-refractivity contribution in [1.82, 2.24) is 15.2 Å². The van der Waals surface area contributed by atoms with Crippen LogP contribution in [0.2, 0.25) is 0 Å². The minimum atomic E-state index is -1.45. The van der Waals surface area contributed by atoms with Crippen LogP contribution in [0.15, 0.2) is 57.9 Å². The normalized spacial score (nSPS) is 23.4. The number of oxime groups is 1. The molecule has 4 heterocycles. The monoisotopic (exact) mass is 610 g/mol. The Hall–Kier alpha value is -4.79. The fourth-order valence-electron chi connectivity index (χ4n) is 5.57. The molecule has 2 aromatic rings. The number of aromatic nitrogens is 1. The number of ether oxygens (including phenoxy) is 1. The second kappa shape index (κ2) is 11.5. The molecule has 43 heavy (non-hydrogen) atoms. The molecule has 0 radical (unpaired) electrons. The maximum Gasteiger partial charge on any atom is 0.356 e. The van der Waals surface area contributed by atoms with Gasteiger partial charge in [0.05, 0.1) is 5.69 Å². The van der Waals surface area contributed by atoms with Gasteiger partial charge < -0.3 is 30.6 Å². The van der Waals surface area contributed by atoms with Gasteiger partial charge in [0, 0.05) is 17.5 Å². The molecule has 2 atom stereocenters. The van der Waals surface area contributed by atoms with Crippen molar-refractivity contribution in [2.75, 3.05) is 23.8 Å². The number of β-lactam (4-membered cyclic amide) rings is 1. The van der Waals surface area contributed by atoms with Crippen molar-refractivity contribution in [3.8, 4) is 0 Å². The Labute approximate surface area is 248 Å². The Morgan fingerprint density at radius 1 is 1.26 bits per heavy atom. The summed E-state index contributed by atoms with van der Waals surface area (Å²) < 4.78 is 20.0. The van der Waals surface area contributed by atoms with Gasteiger partial charge in [-0.3, -0.25) is 19.3 Å². The van der Waals surface area contributed by atoms with Crippen molar-refractivity contribution in [2.45, 2.75) is 50.3 Å². The molecule has 3 aliphatic heterocycles. The largest absolute Gasteiger partial charge is 0.489 e. The predicted molar refractivity (Wildman–Crippen MR) is 151 cm³/mol. The van der Waals surface area contributed by atoms with E-state index in [0.29, 0.717) is 0 Å². The zero-order valence-corrected chi connectivity index (χ0v) is 23.5. The highest BCUT2D eigenvalue weighted by Gasteiger charge is 2.55. The Kier molecular flexibility index (Phi) is 7.56. The summed E-state index contributed by atoms with van der Waals surface area (Å²) in [5.74, 6) is -4.09. The lowest BCUT2D eigenvalue weighted by Gasteiger charge is -2.49. The summed E-state index contributed by atoms with van der Waals surface area (Å²) in [5, 5.41) is 18.4. The van der Waals surface area contributed by atoms with E-state index in [4.69, 9.17) is 15.3 Å². The van der Waals surface area contributed by atoms with E-state index in [1.165, 1.54) is 29.2 Å². The minimum absolute atomic E-state index is 0.112. The Morgan fingerprint density at radius 3 is 2.72 bits per heavy atom. The van der Waals surface area contributed by atoms with Gasteiger partial charge in [-0.25, -0.2) is 14.2 Å². The van der Waals surface area contributed by atoms with Gasteiger partial charge in [-0.15, -0.1) is 11.3 Å². The number of carboxylic acid groups (broad SMARTS) is 1. The molecule has 15 heteroatoms. The number of halogens is 1. The molecule has 0 unspecified atom stereocenters. The maximum atomic E-state index is 14.3. The first-order valence-electron chi connectivity index (χ1n) is 13.7. The predicted octanol–water partition coefficient (Wildman–Crippen LogP) is 1.91. The van der Waals surface area contributed by atoms with Crippen molar-refractivity contribution in [3.63, 3.8) is 0 Å². The fraction of sp³-hybridized carbons (Fsp3) is 0.357. The van der Waals surface area contributed by atoms with E-state index in [-0.39, 0.29) is 59.2 Å². The summed E-state index contributed by atoms with van der Waals surface area (Å²) in [7, 11) is 0. The number of benzene rings is 1. The van der Waals surface area contributed by atoms with Crippen LogP contribution < -0.4 is 16.0 Å². The summed E-state index contributed by atoms with van der Waals surface area (Å²) in [6.45, 7) is 0.0478. The van der Waals surface area contributed by atoms with Crippen molar-refractivity contribution >= 4 is 51.6 Å². The van der Waals surface area contributed by atoms with Gasteiger partial charge in [-0.2, -0.15) is 0 Å². The number of hydrogen-bond donors (Lipinski definition) is 3. The van der Waals surface area contributed by atoms with Crippen LogP contribution in [0.3, 0.4) is 0 Å². The number of hydrogen-bond acceptors (Lipinski definition) is 10. The number of aliphatic carboxylic acids is 1. The summed E-state index contributed by atoms with van der Waals surface area (Å²) in [6, 6.07) is 3.92. The highest BCUT2D eigenvalue weighted by atomic mass is 32.1. The van der Waals surface area contributed by atoms with Crippen LogP contribution in [0.25, 0.3) is 0 Å². The highest BCUT2D eigenvalue weighted by Crippen LogP contribution is 2.35. The molecule has 1 aromatic heterocycles. The number of rotatable bonds is 8. The SMILES string of the molecule is Nc1nc(/C(=N/OC2CCCC2)C(=O)N[C@@H]2C(=O)N3C(C(=O)O)=C(/C=C4\CCN(c5ccccc5F)C4=O)OC[C@H]23)cs1. The lowest BCUT2D eigenvalue weighted by Crippen LogP contribution is -2.73. The number of carbonyl (C=O) groups excluding carboxylic acids is 3. The van der Waals surface area contributed by atoms with Crippen LogP contribution in [0.5, 0.6) is 0 Å². The lowest BCUT2D eigenvalue weighted by atomic mass is 9.92. The van der Waals surface area contributed by atoms with Gasteiger partial charge in [0.15, 0.2) is 22.3 Å². The molecule has 1 saturated carbocycles. The number of thiazole rings is 1. The molecule has 13 nitrogen and oxygen atoms in total. The van der Waals surface area contributed by atoms with E-state index in [9.17, 15) is 28.7 Å².